The molecule has 6 rings (SSSR count). The summed E-state index contributed by atoms with van der Waals surface area (Å²) in [4.78, 5) is 0. The summed E-state index contributed by atoms with van der Waals surface area (Å²) in [5.41, 5.74) is 2.17. The molecule has 0 spiro atoms. The second-order valence-electron chi connectivity index (χ2n) is 7.03. The van der Waals surface area contributed by atoms with Crippen LogP contribution in [0.2, 0.25) is 0 Å². The Morgan fingerprint density at radius 2 is 1.46 bits per heavy atom. The number of benzene rings is 2. The van der Waals surface area contributed by atoms with Gasteiger partial charge in [0.15, 0.2) is 23.0 Å². The average molecular weight is 354 g/mol. The molecule has 0 saturated carbocycles. The highest BCUT2D eigenvalue weighted by Crippen LogP contribution is 2.53. The standard InChI is InChI=1S/C20H18O6/c1-2-12(20-16(3-1)24-10-26-20)19-14-8-21-18(13(14)7-22-19)11-4-5-15-17(6-11)25-9-23-15/h1-6,13-14,18-19H,7-10H2/t13-,14-,18+,19+/m0/s1. The van der Waals surface area contributed by atoms with Crippen LogP contribution in [-0.2, 0) is 9.47 Å². The van der Waals surface area contributed by atoms with Crippen molar-refractivity contribution in [3.63, 3.8) is 0 Å². The molecule has 26 heavy (non-hydrogen) atoms. The second-order valence-corrected chi connectivity index (χ2v) is 7.03. The Kier molecular flexibility index (Phi) is 3.12. The summed E-state index contributed by atoms with van der Waals surface area (Å²) >= 11 is 0. The monoisotopic (exact) mass is 354 g/mol. The van der Waals surface area contributed by atoms with Crippen LogP contribution in [0, 0.1) is 11.8 Å². The minimum Gasteiger partial charge on any atom is -0.454 e. The Bertz CT molecular complexity index is 865. The summed E-state index contributed by atoms with van der Waals surface area (Å²) in [6, 6.07) is 12.0. The van der Waals surface area contributed by atoms with Gasteiger partial charge in [-0.2, -0.15) is 0 Å². The fourth-order valence-corrected chi connectivity index (χ4v) is 4.48. The average Bonchev–Trinajstić information content (AvgIpc) is 3.42. The number of rotatable bonds is 2. The van der Waals surface area contributed by atoms with Gasteiger partial charge >= 0.3 is 0 Å². The number of ether oxygens (including phenoxy) is 6. The molecule has 2 saturated heterocycles. The van der Waals surface area contributed by atoms with E-state index >= 15 is 0 Å². The fourth-order valence-electron chi connectivity index (χ4n) is 4.48. The third-order valence-electron chi connectivity index (χ3n) is 5.72. The molecule has 6 heteroatoms. The van der Waals surface area contributed by atoms with E-state index in [1.807, 2.05) is 24.3 Å². The van der Waals surface area contributed by atoms with E-state index in [1.54, 1.807) is 0 Å². The molecular weight excluding hydrogens is 336 g/mol. The molecule has 6 nitrogen and oxygen atoms in total. The van der Waals surface area contributed by atoms with E-state index < -0.39 is 0 Å². The van der Waals surface area contributed by atoms with Crippen molar-refractivity contribution >= 4 is 0 Å². The molecule has 2 aromatic carbocycles. The largest absolute Gasteiger partial charge is 0.454 e. The summed E-state index contributed by atoms with van der Waals surface area (Å²) in [6.07, 6.45) is -0.0240. The van der Waals surface area contributed by atoms with Crippen LogP contribution >= 0.6 is 0 Å². The first-order chi connectivity index (χ1) is 12.9. The van der Waals surface area contributed by atoms with E-state index in [9.17, 15) is 0 Å². The van der Waals surface area contributed by atoms with Crippen LogP contribution in [0.4, 0.5) is 0 Å². The number of hydrogen-bond acceptors (Lipinski definition) is 6. The molecule has 2 fully saturated rings. The first-order valence-corrected chi connectivity index (χ1v) is 8.90. The summed E-state index contributed by atoms with van der Waals surface area (Å²) < 4.78 is 34.5. The zero-order valence-electron chi connectivity index (χ0n) is 14.1. The SMILES string of the molecule is c1cc2c(c([C@H]3OC[C@H]4[C@@H]3CO[C@@H]4c3ccc4c(c3)OCO4)c1)OCO2. The molecular formula is C20H18O6. The maximum atomic E-state index is 6.20. The minimum atomic E-state index is -0.0318. The minimum absolute atomic E-state index is 0.00780. The first-order valence-electron chi connectivity index (χ1n) is 8.90. The molecule has 0 unspecified atom stereocenters. The van der Waals surface area contributed by atoms with Gasteiger partial charge in [-0.05, 0) is 23.8 Å². The zero-order chi connectivity index (χ0) is 17.1. The van der Waals surface area contributed by atoms with Crippen molar-refractivity contribution in [2.24, 2.45) is 11.8 Å². The van der Waals surface area contributed by atoms with Crippen LogP contribution in [0.1, 0.15) is 23.3 Å². The highest BCUT2D eigenvalue weighted by Gasteiger charge is 2.49. The highest BCUT2D eigenvalue weighted by atomic mass is 16.7. The van der Waals surface area contributed by atoms with Crippen LogP contribution in [0.5, 0.6) is 23.0 Å². The van der Waals surface area contributed by atoms with Crippen molar-refractivity contribution in [1.29, 1.82) is 0 Å². The van der Waals surface area contributed by atoms with Gasteiger partial charge in [0.2, 0.25) is 13.6 Å². The first kappa shape index (κ1) is 14.7. The quantitative estimate of drug-likeness (QED) is 0.825. The maximum absolute atomic E-state index is 6.20. The van der Waals surface area contributed by atoms with Crippen LogP contribution in [-0.4, -0.2) is 26.8 Å². The van der Waals surface area contributed by atoms with Gasteiger partial charge in [0.1, 0.15) is 0 Å². The normalized spacial score (nSPS) is 30.6. The van der Waals surface area contributed by atoms with Crippen LogP contribution in [0.25, 0.3) is 0 Å². The molecule has 0 aliphatic carbocycles. The molecule has 4 aliphatic heterocycles. The van der Waals surface area contributed by atoms with Crippen LogP contribution < -0.4 is 18.9 Å². The zero-order valence-corrected chi connectivity index (χ0v) is 14.1. The molecule has 4 aliphatic rings. The number of hydrogen-bond donors (Lipinski definition) is 0. The Morgan fingerprint density at radius 1 is 0.692 bits per heavy atom. The van der Waals surface area contributed by atoms with Crippen molar-refractivity contribution in [2.75, 3.05) is 26.8 Å². The summed E-state index contributed by atoms with van der Waals surface area (Å²) in [5.74, 6) is 3.78. The summed E-state index contributed by atoms with van der Waals surface area (Å²) in [6.45, 7) is 1.88. The van der Waals surface area contributed by atoms with Gasteiger partial charge in [-0.15, -0.1) is 0 Å². The predicted molar refractivity (Wildman–Crippen MR) is 89.5 cm³/mol. The van der Waals surface area contributed by atoms with E-state index in [-0.39, 0.29) is 25.8 Å². The lowest BCUT2D eigenvalue weighted by Crippen LogP contribution is -2.14. The molecule has 4 heterocycles. The van der Waals surface area contributed by atoms with Crippen molar-refractivity contribution < 1.29 is 28.4 Å². The Hall–Kier alpha value is -2.44. The van der Waals surface area contributed by atoms with Crippen LogP contribution in [0.15, 0.2) is 36.4 Å². The van der Waals surface area contributed by atoms with E-state index in [2.05, 4.69) is 12.1 Å². The summed E-state index contributed by atoms with van der Waals surface area (Å²) in [5, 5.41) is 0. The molecule has 2 aromatic rings. The fraction of sp³-hybridized carbons (Fsp3) is 0.400. The van der Waals surface area contributed by atoms with Crippen molar-refractivity contribution in [1.82, 2.24) is 0 Å². The Morgan fingerprint density at radius 3 is 2.42 bits per heavy atom. The lowest BCUT2D eigenvalue weighted by Gasteiger charge is -2.18. The molecule has 134 valence electrons. The molecule has 0 bridgehead atoms. The van der Waals surface area contributed by atoms with Gasteiger partial charge in [-0.1, -0.05) is 18.2 Å². The predicted octanol–water partition coefficient (Wildman–Crippen LogP) is 3.22. The summed E-state index contributed by atoms with van der Waals surface area (Å²) in [7, 11) is 0. The second kappa shape index (κ2) is 5.53. The molecule has 0 N–H and O–H groups in total. The van der Waals surface area contributed by atoms with Gasteiger partial charge in [0.05, 0.1) is 25.4 Å². The van der Waals surface area contributed by atoms with Gasteiger partial charge in [-0.3, -0.25) is 0 Å². The molecule has 0 radical (unpaired) electrons. The van der Waals surface area contributed by atoms with E-state index in [1.165, 1.54) is 0 Å². The van der Waals surface area contributed by atoms with Gasteiger partial charge in [-0.25, -0.2) is 0 Å². The third kappa shape index (κ3) is 2.06. The molecule has 0 aromatic heterocycles. The lowest BCUT2D eigenvalue weighted by molar-refractivity contribution is 0.0184. The highest BCUT2D eigenvalue weighted by molar-refractivity contribution is 5.50. The topological polar surface area (TPSA) is 55.4 Å². The van der Waals surface area contributed by atoms with Gasteiger partial charge < -0.3 is 28.4 Å². The lowest BCUT2D eigenvalue weighted by atomic mass is 9.84. The van der Waals surface area contributed by atoms with E-state index in [0.717, 1.165) is 34.1 Å². The number of fused-ring (bicyclic) bond motifs is 3. The maximum Gasteiger partial charge on any atom is 0.231 e. The van der Waals surface area contributed by atoms with E-state index in [0.29, 0.717) is 25.0 Å². The molecule has 0 amide bonds. The van der Waals surface area contributed by atoms with Crippen molar-refractivity contribution in [3.05, 3.63) is 47.5 Å². The van der Waals surface area contributed by atoms with Gasteiger partial charge in [0, 0.05) is 17.4 Å². The Balaban J connectivity index is 1.30. The van der Waals surface area contributed by atoms with Crippen molar-refractivity contribution in [3.8, 4) is 23.0 Å². The number of para-hydroxylation sites is 1. The third-order valence-corrected chi connectivity index (χ3v) is 5.72. The smallest absolute Gasteiger partial charge is 0.231 e. The molecule has 4 atom stereocenters. The van der Waals surface area contributed by atoms with Gasteiger partial charge in [0.25, 0.3) is 0 Å². The Labute approximate surface area is 150 Å². The van der Waals surface area contributed by atoms with E-state index in [4.69, 9.17) is 28.4 Å². The van der Waals surface area contributed by atoms with Crippen LogP contribution in [0.3, 0.4) is 0 Å². The van der Waals surface area contributed by atoms with Crippen molar-refractivity contribution in [2.45, 2.75) is 12.2 Å².